The fourth-order valence-corrected chi connectivity index (χ4v) is 3.11. The normalized spacial score (nSPS) is 13.9. The van der Waals surface area contributed by atoms with Crippen LogP contribution < -0.4 is 10.6 Å². The molecule has 0 aromatic heterocycles. The monoisotopic (exact) mass is 342 g/mol. The minimum absolute atomic E-state index is 0.256. The van der Waals surface area contributed by atoms with Gasteiger partial charge in [0, 0.05) is 5.69 Å². The molecule has 0 spiro atoms. The van der Waals surface area contributed by atoms with Crippen molar-refractivity contribution in [3.63, 3.8) is 0 Å². The highest BCUT2D eigenvalue weighted by atomic mass is 35.5. The van der Waals surface area contributed by atoms with Crippen LogP contribution in [0.15, 0.2) is 42.5 Å². The van der Waals surface area contributed by atoms with Crippen molar-refractivity contribution in [3.8, 4) is 0 Å². The molecule has 0 heterocycles. The summed E-state index contributed by atoms with van der Waals surface area (Å²) in [5.74, 6) is -0.620. The SMILES string of the molecule is C[C@H](NC(=O)c1ccccc1Cl)C(=O)Nc1ccc2c(c1)CCC2. The summed E-state index contributed by atoms with van der Waals surface area (Å²) < 4.78 is 0. The number of aryl methyl sites for hydroxylation is 2. The van der Waals surface area contributed by atoms with Crippen molar-refractivity contribution in [3.05, 3.63) is 64.2 Å². The van der Waals surface area contributed by atoms with E-state index in [1.54, 1.807) is 31.2 Å². The first-order valence-electron chi connectivity index (χ1n) is 8.02. The third-order valence-electron chi connectivity index (χ3n) is 4.23. The first-order valence-corrected chi connectivity index (χ1v) is 8.40. The standard InChI is InChI=1S/C19H19ClN2O2/c1-12(21-19(24)16-7-2-3-8-17(16)20)18(23)22-15-10-9-13-5-4-6-14(13)11-15/h2-3,7-12H,4-6H2,1H3,(H,21,24)(H,22,23)/t12-/m0/s1. The Balaban J connectivity index is 1.63. The van der Waals surface area contributed by atoms with E-state index < -0.39 is 6.04 Å². The van der Waals surface area contributed by atoms with Crippen LogP contribution >= 0.6 is 11.6 Å². The maximum absolute atomic E-state index is 12.3. The van der Waals surface area contributed by atoms with Crippen LogP contribution in [0.4, 0.5) is 5.69 Å². The second-order valence-corrected chi connectivity index (χ2v) is 6.41. The molecule has 0 bridgehead atoms. The summed E-state index contributed by atoms with van der Waals surface area (Å²) in [5, 5.41) is 5.89. The van der Waals surface area contributed by atoms with Gasteiger partial charge in [-0.2, -0.15) is 0 Å². The molecule has 24 heavy (non-hydrogen) atoms. The first kappa shape index (κ1) is 16.5. The Hall–Kier alpha value is -2.33. The number of hydrogen-bond donors (Lipinski definition) is 2. The third kappa shape index (κ3) is 3.60. The number of rotatable bonds is 4. The van der Waals surface area contributed by atoms with E-state index in [-0.39, 0.29) is 11.8 Å². The molecule has 0 aliphatic heterocycles. The number of amides is 2. The number of nitrogens with one attached hydrogen (secondary N) is 2. The minimum Gasteiger partial charge on any atom is -0.340 e. The number of carbonyl (C=O) groups is 2. The second kappa shape index (κ2) is 7.05. The number of halogens is 1. The van der Waals surface area contributed by atoms with Crippen LogP contribution in [-0.2, 0) is 17.6 Å². The zero-order valence-electron chi connectivity index (χ0n) is 13.4. The molecule has 0 saturated heterocycles. The molecule has 2 aromatic rings. The molecule has 1 aliphatic rings. The Morgan fingerprint density at radius 2 is 1.83 bits per heavy atom. The summed E-state index contributed by atoms with van der Waals surface area (Å²) in [4.78, 5) is 24.5. The van der Waals surface area contributed by atoms with Gasteiger partial charge in [0.25, 0.3) is 5.91 Å². The Morgan fingerprint density at radius 1 is 1.08 bits per heavy atom. The number of carbonyl (C=O) groups excluding carboxylic acids is 2. The molecule has 1 atom stereocenters. The van der Waals surface area contributed by atoms with E-state index in [1.165, 1.54) is 11.1 Å². The number of benzene rings is 2. The van der Waals surface area contributed by atoms with E-state index in [4.69, 9.17) is 11.6 Å². The molecule has 2 aromatic carbocycles. The number of hydrogen-bond acceptors (Lipinski definition) is 2. The molecule has 0 unspecified atom stereocenters. The van der Waals surface area contributed by atoms with Gasteiger partial charge in [-0.15, -0.1) is 0 Å². The van der Waals surface area contributed by atoms with Crippen molar-refractivity contribution in [1.82, 2.24) is 5.32 Å². The average Bonchev–Trinajstić information content (AvgIpc) is 3.02. The van der Waals surface area contributed by atoms with Crippen LogP contribution in [0.25, 0.3) is 0 Å². The first-order chi connectivity index (χ1) is 11.5. The summed E-state index contributed by atoms with van der Waals surface area (Å²) in [5.41, 5.74) is 3.77. The molecule has 1 aliphatic carbocycles. The predicted molar refractivity (Wildman–Crippen MR) is 95.5 cm³/mol. The lowest BCUT2D eigenvalue weighted by atomic mass is 10.1. The predicted octanol–water partition coefficient (Wildman–Crippen LogP) is 3.59. The lowest BCUT2D eigenvalue weighted by Crippen LogP contribution is -2.41. The summed E-state index contributed by atoms with van der Waals surface area (Å²) >= 11 is 6.00. The molecule has 0 radical (unpaired) electrons. The Morgan fingerprint density at radius 3 is 2.62 bits per heavy atom. The van der Waals surface area contributed by atoms with Crippen molar-refractivity contribution in [2.45, 2.75) is 32.2 Å². The van der Waals surface area contributed by atoms with Gasteiger partial charge in [0.05, 0.1) is 10.6 Å². The molecule has 5 heteroatoms. The Kier molecular flexibility index (Phi) is 4.86. The van der Waals surface area contributed by atoms with E-state index in [9.17, 15) is 9.59 Å². The maximum atomic E-state index is 12.3. The smallest absolute Gasteiger partial charge is 0.253 e. The summed E-state index contributed by atoms with van der Waals surface area (Å²) in [6.45, 7) is 1.65. The maximum Gasteiger partial charge on any atom is 0.253 e. The van der Waals surface area contributed by atoms with Gasteiger partial charge in [0.1, 0.15) is 6.04 Å². The van der Waals surface area contributed by atoms with Gasteiger partial charge in [-0.25, -0.2) is 0 Å². The third-order valence-corrected chi connectivity index (χ3v) is 4.55. The highest BCUT2D eigenvalue weighted by Gasteiger charge is 2.19. The van der Waals surface area contributed by atoms with Crippen LogP contribution in [0.2, 0.25) is 5.02 Å². The summed E-state index contributed by atoms with van der Waals surface area (Å²) in [6, 6.07) is 12.1. The van der Waals surface area contributed by atoms with Gasteiger partial charge in [-0.3, -0.25) is 9.59 Å². The highest BCUT2D eigenvalue weighted by molar-refractivity contribution is 6.33. The van der Waals surface area contributed by atoms with Gasteiger partial charge in [-0.1, -0.05) is 29.8 Å². The van der Waals surface area contributed by atoms with Crippen LogP contribution in [0.5, 0.6) is 0 Å². The van der Waals surface area contributed by atoms with Crippen LogP contribution in [0.3, 0.4) is 0 Å². The molecule has 2 amide bonds. The fraction of sp³-hybridized carbons (Fsp3) is 0.263. The van der Waals surface area contributed by atoms with Crippen molar-refractivity contribution in [1.29, 1.82) is 0 Å². The lowest BCUT2D eigenvalue weighted by molar-refractivity contribution is -0.117. The lowest BCUT2D eigenvalue weighted by Gasteiger charge is -2.15. The molecule has 0 saturated carbocycles. The topological polar surface area (TPSA) is 58.2 Å². The summed E-state index contributed by atoms with van der Waals surface area (Å²) in [7, 11) is 0. The zero-order valence-corrected chi connectivity index (χ0v) is 14.2. The number of fused-ring (bicyclic) bond motifs is 1. The average molecular weight is 343 g/mol. The van der Waals surface area contributed by atoms with Crippen molar-refractivity contribution >= 4 is 29.1 Å². The van der Waals surface area contributed by atoms with Gasteiger partial charge in [0.15, 0.2) is 0 Å². The largest absolute Gasteiger partial charge is 0.340 e. The zero-order chi connectivity index (χ0) is 17.1. The fourth-order valence-electron chi connectivity index (χ4n) is 2.89. The van der Waals surface area contributed by atoms with Crippen LogP contribution in [0.1, 0.15) is 34.8 Å². The number of anilines is 1. The van der Waals surface area contributed by atoms with Gasteiger partial charge >= 0.3 is 0 Å². The van der Waals surface area contributed by atoms with Gasteiger partial charge in [0.2, 0.25) is 5.91 Å². The van der Waals surface area contributed by atoms with Crippen molar-refractivity contribution < 1.29 is 9.59 Å². The van der Waals surface area contributed by atoms with E-state index in [0.717, 1.165) is 24.9 Å². The Labute approximate surface area is 146 Å². The minimum atomic E-state index is -0.665. The molecule has 3 rings (SSSR count). The molecular formula is C19H19ClN2O2. The van der Waals surface area contributed by atoms with E-state index in [0.29, 0.717) is 10.6 Å². The highest BCUT2D eigenvalue weighted by Crippen LogP contribution is 2.25. The summed E-state index contributed by atoms with van der Waals surface area (Å²) in [6.07, 6.45) is 3.32. The molecule has 2 N–H and O–H groups in total. The van der Waals surface area contributed by atoms with E-state index in [1.807, 2.05) is 12.1 Å². The van der Waals surface area contributed by atoms with Crippen molar-refractivity contribution in [2.24, 2.45) is 0 Å². The second-order valence-electron chi connectivity index (χ2n) is 6.00. The van der Waals surface area contributed by atoms with Gasteiger partial charge < -0.3 is 10.6 Å². The Bertz CT molecular complexity index is 789. The molecule has 124 valence electrons. The molecule has 4 nitrogen and oxygen atoms in total. The van der Waals surface area contributed by atoms with E-state index >= 15 is 0 Å². The van der Waals surface area contributed by atoms with E-state index in [2.05, 4.69) is 16.7 Å². The van der Waals surface area contributed by atoms with Crippen LogP contribution in [-0.4, -0.2) is 17.9 Å². The van der Waals surface area contributed by atoms with Crippen molar-refractivity contribution in [2.75, 3.05) is 5.32 Å². The molecular weight excluding hydrogens is 324 g/mol. The quantitative estimate of drug-likeness (QED) is 0.892. The van der Waals surface area contributed by atoms with Crippen LogP contribution in [0, 0.1) is 0 Å². The van der Waals surface area contributed by atoms with Gasteiger partial charge in [-0.05, 0) is 61.6 Å². The molecule has 0 fully saturated rings.